The van der Waals surface area contributed by atoms with Crippen LogP contribution in [0.2, 0.25) is 0 Å². The second-order valence-electron chi connectivity index (χ2n) is 4.58. The quantitative estimate of drug-likeness (QED) is 0.816. The zero-order valence-corrected chi connectivity index (χ0v) is 13.8. The molecule has 3 nitrogen and oxygen atoms in total. The molecular formula is C15H15BrN2OS. The molecule has 0 saturated heterocycles. The van der Waals surface area contributed by atoms with Crippen molar-refractivity contribution in [3.63, 3.8) is 0 Å². The summed E-state index contributed by atoms with van der Waals surface area (Å²) in [6.07, 6.45) is 0. The topological polar surface area (TPSA) is 36.3 Å². The fourth-order valence-electron chi connectivity index (χ4n) is 2.03. The first-order valence-corrected chi connectivity index (χ1v) is 7.78. The molecule has 2 rings (SSSR count). The normalized spacial score (nSPS) is 10.6. The van der Waals surface area contributed by atoms with Gasteiger partial charge in [-0.15, -0.1) is 11.3 Å². The summed E-state index contributed by atoms with van der Waals surface area (Å²) in [5.74, 6) is 0.636. The van der Waals surface area contributed by atoms with Crippen molar-refractivity contribution in [1.82, 2.24) is 4.90 Å². The highest BCUT2D eigenvalue weighted by molar-refractivity contribution is 9.11. The van der Waals surface area contributed by atoms with Gasteiger partial charge in [-0.1, -0.05) is 6.07 Å². The summed E-state index contributed by atoms with van der Waals surface area (Å²) in [6, 6.07) is 9.98. The molecule has 0 aliphatic carbocycles. The SMILES string of the molecule is COc1cc(CN(C)Cc2csc(Br)c2)ccc1C#N. The van der Waals surface area contributed by atoms with Crippen LogP contribution < -0.4 is 4.74 Å². The molecule has 1 heterocycles. The Balaban J connectivity index is 2.04. The molecule has 0 saturated carbocycles. The van der Waals surface area contributed by atoms with Gasteiger partial charge in [-0.2, -0.15) is 5.26 Å². The third kappa shape index (κ3) is 3.83. The number of halogens is 1. The van der Waals surface area contributed by atoms with E-state index in [0.29, 0.717) is 11.3 Å². The molecule has 1 aromatic heterocycles. The predicted octanol–water partition coefficient (Wildman–Crippen LogP) is 4.02. The lowest BCUT2D eigenvalue weighted by molar-refractivity contribution is 0.318. The minimum absolute atomic E-state index is 0.570. The lowest BCUT2D eigenvalue weighted by atomic mass is 10.1. The molecule has 0 amide bonds. The lowest BCUT2D eigenvalue weighted by Gasteiger charge is -2.16. The number of nitrogens with zero attached hydrogens (tertiary/aromatic N) is 2. The summed E-state index contributed by atoms with van der Waals surface area (Å²) < 4.78 is 6.39. The van der Waals surface area contributed by atoms with E-state index in [0.717, 1.165) is 22.4 Å². The summed E-state index contributed by atoms with van der Waals surface area (Å²) in [6.45, 7) is 1.71. The number of benzene rings is 1. The number of methoxy groups -OCH3 is 1. The Bertz CT molecular complexity index is 633. The Morgan fingerprint density at radius 1 is 1.30 bits per heavy atom. The number of hydrogen-bond acceptors (Lipinski definition) is 4. The minimum atomic E-state index is 0.570. The molecule has 104 valence electrons. The summed E-state index contributed by atoms with van der Waals surface area (Å²) in [5.41, 5.74) is 3.00. The second-order valence-corrected chi connectivity index (χ2v) is 6.87. The van der Waals surface area contributed by atoms with Crippen LogP contribution >= 0.6 is 27.3 Å². The molecule has 0 spiro atoms. The maximum atomic E-state index is 8.98. The number of ether oxygens (including phenoxy) is 1. The highest BCUT2D eigenvalue weighted by atomic mass is 79.9. The van der Waals surface area contributed by atoms with Crippen molar-refractivity contribution in [3.8, 4) is 11.8 Å². The maximum Gasteiger partial charge on any atom is 0.136 e. The number of rotatable bonds is 5. The third-order valence-electron chi connectivity index (χ3n) is 2.91. The lowest BCUT2D eigenvalue weighted by Crippen LogP contribution is -2.16. The van der Waals surface area contributed by atoms with Crippen LogP contribution in [0.5, 0.6) is 5.75 Å². The second kappa shape index (κ2) is 6.89. The third-order valence-corrected chi connectivity index (χ3v) is 4.47. The van der Waals surface area contributed by atoms with Gasteiger partial charge in [0.1, 0.15) is 11.8 Å². The Kier molecular flexibility index (Phi) is 5.18. The molecule has 0 aliphatic rings. The summed E-state index contributed by atoms with van der Waals surface area (Å²) >= 11 is 5.17. The standard InChI is InChI=1S/C15H15BrN2OS/c1-18(9-12-6-15(16)20-10-12)8-11-3-4-13(7-17)14(5-11)19-2/h3-6,10H,8-9H2,1-2H3. The Morgan fingerprint density at radius 3 is 2.65 bits per heavy atom. The monoisotopic (exact) mass is 350 g/mol. The van der Waals surface area contributed by atoms with Gasteiger partial charge in [0.05, 0.1) is 16.5 Å². The molecular weight excluding hydrogens is 336 g/mol. The molecule has 0 aliphatic heterocycles. The van der Waals surface area contributed by atoms with Crippen LogP contribution in [0.15, 0.2) is 33.4 Å². The van der Waals surface area contributed by atoms with E-state index in [4.69, 9.17) is 10.00 Å². The van der Waals surface area contributed by atoms with Gasteiger partial charge in [0.15, 0.2) is 0 Å². The molecule has 0 bridgehead atoms. The van der Waals surface area contributed by atoms with Crippen LogP contribution in [0.1, 0.15) is 16.7 Å². The van der Waals surface area contributed by atoms with Gasteiger partial charge < -0.3 is 4.74 Å². The van der Waals surface area contributed by atoms with Gasteiger partial charge in [0, 0.05) is 13.1 Å². The maximum absolute atomic E-state index is 8.98. The zero-order valence-electron chi connectivity index (χ0n) is 11.4. The van der Waals surface area contributed by atoms with Crippen molar-refractivity contribution >= 4 is 27.3 Å². The predicted molar refractivity (Wildman–Crippen MR) is 84.9 cm³/mol. The molecule has 0 fully saturated rings. The van der Waals surface area contributed by atoms with Gasteiger partial charge in [-0.25, -0.2) is 0 Å². The van der Waals surface area contributed by atoms with Crippen molar-refractivity contribution in [2.24, 2.45) is 0 Å². The van der Waals surface area contributed by atoms with Crippen LogP contribution in [-0.2, 0) is 13.1 Å². The Hall–Kier alpha value is -1.35. The van der Waals surface area contributed by atoms with Gasteiger partial charge in [0.25, 0.3) is 0 Å². The van der Waals surface area contributed by atoms with E-state index in [1.54, 1.807) is 18.4 Å². The van der Waals surface area contributed by atoms with Crippen LogP contribution in [0.3, 0.4) is 0 Å². The van der Waals surface area contributed by atoms with Gasteiger partial charge in [-0.05, 0) is 57.7 Å². The molecule has 0 unspecified atom stereocenters. The van der Waals surface area contributed by atoms with Gasteiger partial charge in [-0.3, -0.25) is 4.90 Å². The largest absolute Gasteiger partial charge is 0.495 e. The fourth-order valence-corrected chi connectivity index (χ4v) is 3.23. The van der Waals surface area contributed by atoms with Gasteiger partial charge in [0.2, 0.25) is 0 Å². The average Bonchev–Trinajstić information content (AvgIpc) is 2.83. The summed E-state index contributed by atoms with van der Waals surface area (Å²) in [4.78, 5) is 2.23. The highest BCUT2D eigenvalue weighted by Crippen LogP contribution is 2.23. The summed E-state index contributed by atoms with van der Waals surface area (Å²) in [5, 5.41) is 11.1. The van der Waals surface area contributed by atoms with Crippen molar-refractivity contribution in [2.45, 2.75) is 13.1 Å². The van der Waals surface area contributed by atoms with Crippen LogP contribution in [0.4, 0.5) is 0 Å². The first-order chi connectivity index (χ1) is 9.62. The smallest absolute Gasteiger partial charge is 0.136 e. The Labute approximate surface area is 131 Å². The van der Waals surface area contributed by atoms with E-state index < -0.39 is 0 Å². The molecule has 0 N–H and O–H groups in total. The number of hydrogen-bond donors (Lipinski definition) is 0. The molecule has 0 radical (unpaired) electrons. The first-order valence-electron chi connectivity index (χ1n) is 6.11. The van der Waals surface area contributed by atoms with E-state index >= 15 is 0 Å². The Morgan fingerprint density at radius 2 is 2.05 bits per heavy atom. The van der Waals surface area contributed by atoms with Crippen LogP contribution in [0, 0.1) is 11.3 Å². The molecule has 0 atom stereocenters. The molecule has 2 aromatic rings. The molecule has 20 heavy (non-hydrogen) atoms. The van der Waals surface area contributed by atoms with E-state index in [1.807, 2.05) is 18.2 Å². The zero-order chi connectivity index (χ0) is 14.5. The van der Waals surface area contributed by atoms with Gasteiger partial charge >= 0.3 is 0 Å². The van der Waals surface area contributed by atoms with Crippen molar-refractivity contribution < 1.29 is 4.74 Å². The fraction of sp³-hybridized carbons (Fsp3) is 0.267. The first kappa shape index (κ1) is 15.0. The average molecular weight is 351 g/mol. The van der Waals surface area contributed by atoms with Crippen LogP contribution in [-0.4, -0.2) is 19.1 Å². The number of thiophene rings is 1. The van der Waals surface area contributed by atoms with Crippen molar-refractivity contribution in [1.29, 1.82) is 5.26 Å². The van der Waals surface area contributed by atoms with E-state index in [2.05, 4.69) is 45.4 Å². The van der Waals surface area contributed by atoms with E-state index in [9.17, 15) is 0 Å². The van der Waals surface area contributed by atoms with Crippen molar-refractivity contribution in [3.05, 3.63) is 50.1 Å². The minimum Gasteiger partial charge on any atom is -0.495 e. The van der Waals surface area contributed by atoms with Crippen molar-refractivity contribution in [2.75, 3.05) is 14.2 Å². The van der Waals surface area contributed by atoms with E-state index in [-0.39, 0.29) is 0 Å². The summed E-state index contributed by atoms with van der Waals surface area (Å²) in [7, 11) is 3.67. The number of nitriles is 1. The molecule has 5 heteroatoms. The highest BCUT2D eigenvalue weighted by Gasteiger charge is 2.07. The van der Waals surface area contributed by atoms with E-state index in [1.165, 1.54) is 5.56 Å². The molecule has 1 aromatic carbocycles. The van der Waals surface area contributed by atoms with Crippen LogP contribution in [0.25, 0.3) is 0 Å².